The topological polar surface area (TPSA) is 17.1 Å². The molecule has 0 N–H and O–H groups in total. The lowest BCUT2D eigenvalue weighted by Crippen LogP contribution is -1.93. The average Bonchev–Trinajstić information content (AvgIpc) is 2.38. The first kappa shape index (κ1) is 12.8. The van der Waals surface area contributed by atoms with Crippen molar-refractivity contribution in [2.24, 2.45) is 0 Å². The molecule has 0 atom stereocenters. The van der Waals surface area contributed by atoms with Crippen LogP contribution in [0.5, 0.6) is 0 Å². The van der Waals surface area contributed by atoms with E-state index in [-0.39, 0.29) is 5.78 Å². The summed E-state index contributed by atoms with van der Waals surface area (Å²) in [5.74, 6) is 0.0167. The zero-order valence-electron chi connectivity index (χ0n) is 10.1. The lowest BCUT2D eigenvalue weighted by Gasteiger charge is -1.97. The average molecular weight is 301 g/mol. The minimum atomic E-state index is 0.0167. The number of rotatable bonds is 3. The number of hydrogen-bond donors (Lipinski definition) is 0. The maximum absolute atomic E-state index is 11.9. The van der Waals surface area contributed by atoms with Gasteiger partial charge >= 0.3 is 0 Å². The Morgan fingerprint density at radius 3 is 2.22 bits per heavy atom. The highest BCUT2D eigenvalue weighted by Gasteiger charge is 2.00. The fourth-order valence-electron chi connectivity index (χ4n) is 1.56. The Morgan fingerprint density at radius 2 is 1.61 bits per heavy atom. The molecule has 0 fully saturated rings. The Hall–Kier alpha value is -1.67. The molecule has 2 rings (SSSR count). The number of halogens is 1. The molecule has 0 aliphatic heterocycles. The number of allylic oxidation sites excluding steroid dienone is 1. The van der Waals surface area contributed by atoms with Crippen molar-refractivity contribution < 1.29 is 4.79 Å². The fourth-order valence-corrected chi connectivity index (χ4v) is 1.82. The molecule has 0 saturated heterocycles. The van der Waals surface area contributed by atoms with Crippen molar-refractivity contribution in [3.05, 3.63) is 75.8 Å². The van der Waals surface area contributed by atoms with Gasteiger partial charge in [0.25, 0.3) is 0 Å². The van der Waals surface area contributed by atoms with E-state index < -0.39 is 0 Å². The second-order valence-corrected chi connectivity index (χ2v) is 5.03. The molecule has 0 aliphatic carbocycles. The third-order valence-electron chi connectivity index (χ3n) is 2.63. The molecule has 1 nitrogen and oxygen atoms in total. The van der Waals surface area contributed by atoms with Gasteiger partial charge in [0.05, 0.1) is 0 Å². The molecule has 90 valence electrons. The van der Waals surface area contributed by atoms with Crippen molar-refractivity contribution in [2.45, 2.75) is 6.92 Å². The van der Waals surface area contributed by atoms with Gasteiger partial charge in [0.1, 0.15) is 0 Å². The van der Waals surface area contributed by atoms with Crippen molar-refractivity contribution in [1.29, 1.82) is 0 Å². The molecule has 2 aromatic carbocycles. The van der Waals surface area contributed by atoms with Crippen LogP contribution in [0, 0.1) is 6.92 Å². The summed E-state index contributed by atoms with van der Waals surface area (Å²) in [5.41, 5.74) is 2.94. The fraction of sp³-hybridized carbons (Fsp3) is 0.0625. The van der Waals surface area contributed by atoms with E-state index in [9.17, 15) is 4.79 Å². The second-order valence-electron chi connectivity index (χ2n) is 4.12. The van der Waals surface area contributed by atoms with Gasteiger partial charge in [-0.15, -0.1) is 0 Å². The van der Waals surface area contributed by atoms with Gasteiger partial charge in [-0.25, -0.2) is 0 Å². The number of benzene rings is 2. The Kier molecular flexibility index (Phi) is 4.11. The van der Waals surface area contributed by atoms with Gasteiger partial charge in [-0.05, 0) is 42.8 Å². The number of ketones is 1. The van der Waals surface area contributed by atoms with Gasteiger partial charge in [-0.2, -0.15) is 0 Å². The highest BCUT2D eigenvalue weighted by atomic mass is 79.9. The Morgan fingerprint density at radius 1 is 1.00 bits per heavy atom. The molecule has 0 unspecified atom stereocenters. The molecule has 0 aliphatic rings. The zero-order valence-corrected chi connectivity index (χ0v) is 11.6. The summed E-state index contributed by atoms with van der Waals surface area (Å²) in [4.78, 5) is 11.9. The van der Waals surface area contributed by atoms with Crippen molar-refractivity contribution in [2.75, 3.05) is 0 Å². The number of carbonyl (C=O) groups excluding carboxylic acids is 1. The maximum atomic E-state index is 11.9. The van der Waals surface area contributed by atoms with Crippen LogP contribution in [0.25, 0.3) is 6.08 Å². The monoisotopic (exact) mass is 300 g/mol. The Bertz CT molecular complexity index is 565. The molecule has 18 heavy (non-hydrogen) atoms. The molecular weight excluding hydrogens is 288 g/mol. The summed E-state index contributed by atoms with van der Waals surface area (Å²) in [6, 6.07) is 15.4. The molecule has 0 spiro atoms. The number of carbonyl (C=O) groups is 1. The normalized spacial score (nSPS) is 10.8. The zero-order chi connectivity index (χ0) is 13.0. The Balaban J connectivity index is 2.11. The van der Waals surface area contributed by atoms with Crippen LogP contribution in [0.15, 0.2) is 59.1 Å². The smallest absolute Gasteiger partial charge is 0.185 e. The molecule has 0 amide bonds. The van der Waals surface area contributed by atoms with Crippen molar-refractivity contribution in [1.82, 2.24) is 0 Å². The van der Waals surface area contributed by atoms with Crippen LogP contribution in [0.4, 0.5) is 0 Å². The SMILES string of the molecule is Cc1ccc(/C=C\C(=O)c2ccc(Br)cc2)cc1. The molecular formula is C16H13BrO. The number of hydrogen-bond acceptors (Lipinski definition) is 1. The molecule has 0 bridgehead atoms. The highest BCUT2D eigenvalue weighted by molar-refractivity contribution is 9.10. The third kappa shape index (κ3) is 3.41. The molecule has 2 heteroatoms. The maximum Gasteiger partial charge on any atom is 0.185 e. The van der Waals surface area contributed by atoms with Crippen LogP contribution >= 0.6 is 15.9 Å². The molecule has 0 radical (unpaired) electrons. The first-order valence-corrected chi connectivity index (χ1v) is 6.49. The molecule has 0 saturated carbocycles. The van der Waals surface area contributed by atoms with E-state index in [0.717, 1.165) is 10.0 Å². The van der Waals surface area contributed by atoms with E-state index in [1.807, 2.05) is 61.5 Å². The van der Waals surface area contributed by atoms with Crippen LogP contribution in [-0.2, 0) is 0 Å². The first-order valence-electron chi connectivity index (χ1n) is 5.70. The van der Waals surface area contributed by atoms with Crippen LogP contribution in [0.2, 0.25) is 0 Å². The van der Waals surface area contributed by atoms with Crippen molar-refractivity contribution in [3.8, 4) is 0 Å². The predicted octanol–water partition coefficient (Wildman–Crippen LogP) is 4.65. The van der Waals surface area contributed by atoms with Crippen LogP contribution in [-0.4, -0.2) is 5.78 Å². The molecule has 2 aromatic rings. The van der Waals surface area contributed by atoms with E-state index in [4.69, 9.17) is 0 Å². The summed E-state index contributed by atoms with van der Waals surface area (Å²) in [6.45, 7) is 2.04. The largest absolute Gasteiger partial charge is 0.289 e. The van der Waals surface area contributed by atoms with E-state index in [1.165, 1.54) is 5.56 Å². The predicted molar refractivity (Wildman–Crippen MR) is 78.7 cm³/mol. The quantitative estimate of drug-likeness (QED) is 0.595. The van der Waals surface area contributed by atoms with Crippen molar-refractivity contribution in [3.63, 3.8) is 0 Å². The summed E-state index contributed by atoms with van der Waals surface area (Å²) in [6.07, 6.45) is 3.44. The summed E-state index contributed by atoms with van der Waals surface area (Å²) < 4.78 is 0.974. The van der Waals surface area contributed by atoms with Crippen molar-refractivity contribution >= 4 is 27.8 Å². The lowest BCUT2D eigenvalue weighted by atomic mass is 10.1. The minimum Gasteiger partial charge on any atom is -0.289 e. The minimum absolute atomic E-state index is 0.0167. The van der Waals surface area contributed by atoms with E-state index in [1.54, 1.807) is 6.08 Å². The van der Waals surface area contributed by atoms with E-state index in [2.05, 4.69) is 15.9 Å². The highest BCUT2D eigenvalue weighted by Crippen LogP contribution is 2.12. The Labute approximate surface area is 115 Å². The van der Waals surface area contributed by atoms with Crippen LogP contribution in [0.3, 0.4) is 0 Å². The van der Waals surface area contributed by atoms with Gasteiger partial charge in [0, 0.05) is 10.0 Å². The van der Waals surface area contributed by atoms with E-state index >= 15 is 0 Å². The van der Waals surface area contributed by atoms with E-state index in [0.29, 0.717) is 5.56 Å². The second kappa shape index (κ2) is 5.78. The molecule has 0 heterocycles. The van der Waals surface area contributed by atoms with Crippen LogP contribution in [0.1, 0.15) is 21.5 Å². The van der Waals surface area contributed by atoms with Crippen LogP contribution < -0.4 is 0 Å². The van der Waals surface area contributed by atoms with Gasteiger partial charge < -0.3 is 0 Å². The molecule has 0 aromatic heterocycles. The summed E-state index contributed by atoms with van der Waals surface area (Å²) >= 11 is 3.35. The van der Waals surface area contributed by atoms with Gasteiger partial charge in [-0.1, -0.05) is 51.8 Å². The first-order chi connectivity index (χ1) is 8.65. The number of aryl methyl sites for hydroxylation is 1. The summed E-state index contributed by atoms with van der Waals surface area (Å²) in [5, 5.41) is 0. The van der Waals surface area contributed by atoms with Gasteiger partial charge in [0.2, 0.25) is 0 Å². The standard InChI is InChI=1S/C16H13BrO/c1-12-2-4-13(5-3-12)6-11-16(18)14-7-9-15(17)10-8-14/h2-11H,1H3/b11-6-. The lowest BCUT2D eigenvalue weighted by molar-refractivity contribution is 0.104. The van der Waals surface area contributed by atoms with Gasteiger partial charge in [0.15, 0.2) is 5.78 Å². The van der Waals surface area contributed by atoms with Gasteiger partial charge in [-0.3, -0.25) is 4.79 Å². The third-order valence-corrected chi connectivity index (χ3v) is 3.16. The summed E-state index contributed by atoms with van der Waals surface area (Å²) in [7, 11) is 0.